The Kier molecular flexibility index (Phi) is 4.15. The fourth-order valence-corrected chi connectivity index (χ4v) is 2.97. The Labute approximate surface area is 135 Å². The summed E-state index contributed by atoms with van der Waals surface area (Å²) in [6.45, 7) is 3.83. The number of para-hydroxylation sites is 1. The van der Waals surface area contributed by atoms with Crippen LogP contribution in [0.2, 0.25) is 0 Å². The van der Waals surface area contributed by atoms with Gasteiger partial charge < -0.3 is 4.74 Å². The average Bonchev–Trinajstić information content (AvgIpc) is 2.80. The molecule has 4 heteroatoms. The van der Waals surface area contributed by atoms with Crippen molar-refractivity contribution < 1.29 is 14.3 Å². The highest BCUT2D eigenvalue weighted by atomic mass is 16.5. The average molecular weight is 309 g/mol. The number of hydrogen-bond donors (Lipinski definition) is 0. The SMILES string of the molecule is C[C@H](C[C@H](C)N1C(=O)c2ccccc2C1=O)Oc1ccccc1. The Morgan fingerprint density at radius 3 is 1.96 bits per heavy atom. The van der Waals surface area contributed by atoms with Crippen LogP contribution in [-0.4, -0.2) is 28.9 Å². The van der Waals surface area contributed by atoms with Gasteiger partial charge in [0.15, 0.2) is 0 Å². The molecule has 1 aliphatic heterocycles. The highest BCUT2D eigenvalue weighted by molar-refractivity contribution is 6.21. The molecule has 0 radical (unpaired) electrons. The zero-order chi connectivity index (χ0) is 16.4. The summed E-state index contributed by atoms with van der Waals surface area (Å²) in [4.78, 5) is 26.2. The topological polar surface area (TPSA) is 46.6 Å². The van der Waals surface area contributed by atoms with Crippen LogP contribution in [0.4, 0.5) is 0 Å². The van der Waals surface area contributed by atoms with E-state index in [4.69, 9.17) is 4.74 Å². The molecule has 0 fully saturated rings. The van der Waals surface area contributed by atoms with Gasteiger partial charge in [0.25, 0.3) is 11.8 Å². The first kappa shape index (κ1) is 15.3. The fourth-order valence-electron chi connectivity index (χ4n) is 2.97. The van der Waals surface area contributed by atoms with Crippen LogP contribution in [0.1, 0.15) is 41.0 Å². The molecule has 1 heterocycles. The third-order valence-electron chi connectivity index (χ3n) is 4.02. The molecule has 23 heavy (non-hydrogen) atoms. The third-order valence-corrected chi connectivity index (χ3v) is 4.02. The molecule has 0 aromatic heterocycles. The molecule has 3 rings (SSSR count). The monoisotopic (exact) mass is 309 g/mol. The van der Waals surface area contributed by atoms with Gasteiger partial charge in [-0.1, -0.05) is 30.3 Å². The molecule has 2 atom stereocenters. The van der Waals surface area contributed by atoms with E-state index in [9.17, 15) is 9.59 Å². The highest BCUT2D eigenvalue weighted by Gasteiger charge is 2.38. The van der Waals surface area contributed by atoms with Crippen LogP contribution in [0.3, 0.4) is 0 Å². The largest absolute Gasteiger partial charge is 0.491 e. The molecule has 0 aliphatic carbocycles. The molecular formula is C19H19NO3. The maximum absolute atomic E-state index is 12.5. The summed E-state index contributed by atoms with van der Waals surface area (Å²) in [5.74, 6) is 0.351. The van der Waals surface area contributed by atoms with Crippen LogP contribution in [0.5, 0.6) is 5.75 Å². The minimum atomic E-state index is -0.221. The van der Waals surface area contributed by atoms with Gasteiger partial charge in [-0.15, -0.1) is 0 Å². The van der Waals surface area contributed by atoms with Crippen LogP contribution >= 0.6 is 0 Å². The number of hydrogen-bond acceptors (Lipinski definition) is 3. The van der Waals surface area contributed by atoms with Crippen LogP contribution < -0.4 is 4.74 Å². The van der Waals surface area contributed by atoms with E-state index in [0.717, 1.165) is 5.75 Å². The van der Waals surface area contributed by atoms with E-state index in [1.165, 1.54) is 4.90 Å². The summed E-state index contributed by atoms with van der Waals surface area (Å²) in [6.07, 6.45) is 0.483. The Morgan fingerprint density at radius 1 is 0.870 bits per heavy atom. The number of rotatable bonds is 5. The van der Waals surface area contributed by atoms with Crippen molar-refractivity contribution in [2.45, 2.75) is 32.4 Å². The quantitative estimate of drug-likeness (QED) is 0.794. The van der Waals surface area contributed by atoms with E-state index in [2.05, 4.69) is 0 Å². The van der Waals surface area contributed by atoms with Gasteiger partial charge >= 0.3 is 0 Å². The van der Waals surface area contributed by atoms with Crippen molar-refractivity contribution in [3.05, 3.63) is 65.7 Å². The molecule has 1 aliphatic rings. The summed E-state index contributed by atoms with van der Waals surface area (Å²) >= 11 is 0. The predicted molar refractivity (Wildman–Crippen MR) is 87.6 cm³/mol. The lowest BCUT2D eigenvalue weighted by molar-refractivity contribution is 0.0556. The summed E-state index contributed by atoms with van der Waals surface area (Å²) < 4.78 is 5.84. The molecule has 0 N–H and O–H groups in total. The lowest BCUT2D eigenvalue weighted by Crippen LogP contribution is -2.40. The fraction of sp³-hybridized carbons (Fsp3) is 0.263. The minimum Gasteiger partial charge on any atom is -0.491 e. The molecular weight excluding hydrogens is 290 g/mol. The Balaban J connectivity index is 1.68. The molecule has 0 saturated heterocycles. The lowest BCUT2D eigenvalue weighted by Gasteiger charge is -2.25. The zero-order valence-corrected chi connectivity index (χ0v) is 13.2. The number of amides is 2. The van der Waals surface area contributed by atoms with Gasteiger partial charge in [-0.25, -0.2) is 0 Å². The van der Waals surface area contributed by atoms with Crippen molar-refractivity contribution in [1.82, 2.24) is 4.90 Å². The predicted octanol–water partition coefficient (Wildman–Crippen LogP) is 3.53. The number of nitrogens with zero attached hydrogens (tertiary/aromatic N) is 1. The normalized spacial score (nSPS) is 16.2. The number of ether oxygens (including phenoxy) is 1. The van der Waals surface area contributed by atoms with E-state index in [0.29, 0.717) is 17.5 Å². The summed E-state index contributed by atoms with van der Waals surface area (Å²) in [6, 6.07) is 16.3. The van der Waals surface area contributed by atoms with Crippen LogP contribution in [0.25, 0.3) is 0 Å². The molecule has 0 bridgehead atoms. The van der Waals surface area contributed by atoms with E-state index in [1.54, 1.807) is 24.3 Å². The standard InChI is InChI=1S/C19H19NO3/c1-13(12-14(2)23-15-8-4-3-5-9-15)20-18(21)16-10-6-7-11-17(16)19(20)22/h3-11,13-14H,12H2,1-2H3/t13-,14+/m0/s1. The first-order valence-corrected chi connectivity index (χ1v) is 7.76. The first-order valence-electron chi connectivity index (χ1n) is 7.76. The van der Waals surface area contributed by atoms with Gasteiger partial charge in [0.1, 0.15) is 5.75 Å². The number of carbonyl (C=O) groups is 2. The third kappa shape index (κ3) is 2.97. The maximum Gasteiger partial charge on any atom is 0.261 e. The number of imide groups is 1. The molecule has 0 unspecified atom stereocenters. The van der Waals surface area contributed by atoms with Crippen molar-refractivity contribution in [3.63, 3.8) is 0 Å². The highest BCUT2D eigenvalue weighted by Crippen LogP contribution is 2.26. The Bertz CT molecular complexity index is 691. The van der Waals surface area contributed by atoms with Crippen LogP contribution in [0.15, 0.2) is 54.6 Å². The van der Waals surface area contributed by atoms with Crippen molar-refractivity contribution in [1.29, 1.82) is 0 Å². The number of benzene rings is 2. The van der Waals surface area contributed by atoms with Gasteiger partial charge in [0.2, 0.25) is 0 Å². The second kappa shape index (κ2) is 6.24. The first-order chi connectivity index (χ1) is 11.1. The summed E-state index contributed by atoms with van der Waals surface area (Å²) in [7, 11) is 0. The maximum atomic E-state index is 12.5. The molecule has 4 nitrogen and oxygen atoms in total. The molecule has 2 amide bonds. The van der Waals surface area contributed by atoms with Crippen molar-refractivity contribution in [2.75, 3.05) is 0 Å². The van der Waals surface area contributed by atoms with E-state index in [1.807, 2.05) is 44.2 Å². The Hall–Kier alpha value is -2.62. The van der Waals surface area contributed by atoms with Crippen LogP contribution in [-0.2, 0) is 0 Å². The van der Waals surface area contributed by atoms with E-state index < -0.39 is 0 Å². The molecule has 0 saturated carbocycles. The molecule has 2 aromatic rings. The van der Waals surface area contributed by atoms with E-state index in [-0.39, 0.29) is 24.0 Å². The minimum absolute atomic E-state index is 0.100. The van der Waals surface area contributed by atoms with Gasteiger partial charge in [-0.05, 0) is 38.1 Å². The van der Waals surface area contributed by atoms with Gasteiger partial charge in [0.05, 0.1) is 17.2 Å². The Morgan fingerprint density at radius 2 is 1.39 bits per heavy atom. The number of carbonyl (C=O) groups excluding carboxylic acids is 2. The molecule has 118 valence electrons. The summed E-state index contributed by atoms with van der Waals surface area (Å²) in [5.41, 5.74) is 0.974. The summed E-state index contributed by atoms with van der Waals surface area (Å²) in [5, 5.41) is 0. The van der Waals surface area contributed by atoms with Crippen molar-refractivity contribution in [2.24, 2.45) is 0 Å². The van der Waals surface area contributed by atoms with Gasteiger partial charge in [-0.2, -0.15) is 0 Å². The van der Waals surface area contributed by atoms with Crippen LogP contribution in [0, 0.1) is 0 Å². The second-order valence-electron chi connectivity index (χ2n) is 5.85. The second-order valence-corrected chi connectivity index (χ2v) is 5.85. The van der Waals surface area contributed by atoms with Gasteiger partial charge in [-0.3, -0.25) is 14.5 Å². The zero-order valence-electron chi connectivity index (χ0n) is 13.2. The van der Waals surface area contributed by atoms with E-state index >= 15 is 0 Å². The van der Waals surface area contributed by atoms with Crippen molar-refractivity contribution in [3.8, 4) is 5.75 Å². The molecule has 2 aromatic carbocycles. The van der Waals surface area contributed by atoms with Crippen molar-refractivity contribution >= 4 is 11.8 Å². The lowest BCUT2D eigenvalue weighted by atomic mass is 10.1. The molecule has 0 spiro atoms. The van der Waals surface area contributed by atoms with Gasteiger partial charge in [0, 0.05) is 12.5 Å². The number of fused-ring (bicyclic) bond motifs is 1. The smallest absolute Gasteiger partial charge is 0.261 e.